The minimum atomic E-state index is 0.691. The van der Waals surface area contributed by atoms with Crippen LogP contribution in [0.1, 0.15) is 0 Å². The van der Waals surface area contributed by atoms with Crippen molar-refractivity contribution in [2.75, 3.05) is 18.5 Å². The molecule has 0 spiro atoms. The Kier molecular flexibility index (Phi) is 2.38. The predicted molar refractivity (Wildman–Crippen MR) is 76.8 cm³/mol. The molecule has 0 bridgehead atoms. The average Bonchev–Trinajstić information content (AvgIpc) is 2.90. The van der Waals surface area contributed by atoms with Gasteiger partial charge in [0, 0.05) is 12.7 Å². The third-order valence-electron chi connectivity index (χ3n) is 3.10. The molecule has 3 heterocycles. The molecule has 4 rings (SSSR count). The van der Waals surface area contributed by atoms with Crippen molar-refractivity contribution in [2.45, 2.75) is 0 Å². The zero-order valence-electron chi connectivity index (χ0n) is 10.1. The molecule has 0 saturated carbocycles. The number of thiazole rings is 1. The van der Waals surface area contributed by atoms with Gasteiger partial charge in [0.2, 0.25) is 0 Å². The number of rotatable bonds is 1. The van der Waals surface area contributed by atoms with E-state index in [9.17, 15) is 0 Å². The molecule has 0 fully saturated rings. The molecule has 1 N–H and O–H groups in total. The van der Waals surface area contributed by atoms with E-state index in [1.165, 1.54) is 0 Å². The maximum absolute atomic E-state index is 5.79. The molecule has 4 nitrogen and oxygen atoms in total. The molecule has 2 aromatic heterocycles. The summed E-state index contributed by atoms with van der Waals surface area (Å²) >= 11 is 1.66. The van der Waals surface area contributed by atoms with Crippen LogP contribution in [-0.2, 0) is 0 Å². The Bertz CT molecular complexity index is 720. The van der Waals surface area contributed by atoms with Crippen LogP contribution in [0.5, 0.6) is 5.75 Å². The molecule has 0 amide bonds. The lowest BCUT2D eigenvalue weighted by atomic mass is 10.1. The first-order valence-corrected chi connectivity index (χ1v) is 6.94. The number of hydrogen-bond donors (Lipinski definition) is 1. The Balaban J connectivity index is 1.92. The first-order valence-electron chi connectivity index (χ1n) is 6.12. The van der Waals surface area contributed by atoms with E-state index >= 15 is 0 Å². The number of fused-ring (bicyclic) bond motifs is 2. The fourth-order valence-electron chi connectivity index (χ4n) is 2.23. The van der Waals surface area contributed by atoms with Gasteiger partial charge in [-0.3, -0.25) is 4.98 Å². The van der Waals surface area contributed by atoms with Crippen LogP contribution in [0.15, 0.2) is 36.7 Å². The topological polar surface area (TPSA) is 47.0 Å². The number of ether oxygens (including phenoxy) is 1. The first kappa shape index (κ1) is 10.8. The van der Waals surface area contributed by atoms with E-state index in [4.69, 9.17) is 4.74 Å². The first-order chi connectivity index (χ1) is 9.42. The van der Waals surface area contributed by atoms with E-state index in [0.29, 0.717) is 6.61 Å². The minimum absolute atomic E-state index is 0.691. The smallest absolute Gasteiger partial charge is 0.152 e. The van der Waals surface area contributed by atoms with Gasteiger partial charge in [-0.05, 0) is 18.2 Å². The van der Waals surface area contributed by atoms with E-state index in [-0.39, 0.29) is 0 Å². The lowest BCUT2D eigenvalue weighted by Crippen LogP contribution is -2.18. The molecule has 0 radical (unpaired) electrons. The normalized spacial score (nSPS) is 13.7. The van der Waals surface area contributed by atoms with Crippen LogP contribution in [0, 0.1) is 0 Å². The Labute approximate surface area is 114 Å². The third kappa shape index (κ3) is 1.74. The zero-order valence-corrected chi connectivity index (χ0v) is 10.9. The van der Waals surface area contributed by atoms with Crippen molar-refractivity contribution in [2.24, 2.45) is 0 Å². The summed E-state index contributed by atoms with van der Waals surface area (Å²) in [5.74, 6) is 0.903. The second kappa shape index (κ2) is 4.20. The maximum Gasteiger partial charge on any atom is 0.152 e. The van der Waals surface area contributed by atoms with E-state index in [2.05, 4.69) is 21.4 Å². The second-order valence-electron chi connectivity index (χ2n) is 4.32. The van der Waals surface area contributed by atoms with Gasteiger partial charge in [0.1, 0.15) is 17.1 Å². The summed E-state index contributed by atoms with van der Waals surface area (Å²) in [7, 11) is 0. The zero-order chi connectivity index (χ0) is 12.7. The number of para-hydroxylation sites is 1. The van der Waals surface area contributed by atoms with Gasteiger partial charge >= 0.3 is 0 Å². The summed E-state index contributed by atoms with van der Waals surface area (Å²) in [5.41, 5.74) is 3.02. The Morgan fingerprint density at radius 2 is 2.26 bits per heavy atom. The van der Waals surface area contributed by atoms with Gasteiger partial charge < -0.3 is 10.1 Å². The quantitative estimate of drug-likeness (QED) is 0.737. The Morgan fingerprint density at radius 1 is 1.26 bits per heavy atom. The van der Waals surface area contributed by atoms with Crippen LogP contribution >= 0.6 is 11.3 Å². The van der Waals surface area contributed by atoms with Crippen molar-refractivity contribution >= 4 is 27.2 Å². The molecule has 0 unspecified atom stereocenters. The molecule has 19 heavy (non-hydrogen) atoms. The van der Waals surface area contributed by atoms with E-state index in [1.807, 2.05) is 18.2 Å². The molecule has 0 aliphatic carbocycles. The number of nitrogens with one attached hydrogen (secondary N) is 1. The highest BCUT2D eigenvalue weighted by Gasteiger charge is 2.17. The van der Waals surface area contributed by atoms with Crippen LogP contribution in [0.4, 0.5) is 5.69 Å². The van der Waals surface area contributed by atoms with Gasteiger partial charge in [-0.1, -0.05) is 6.07 Å². The van der Waals surface area contributed by atoms with Gasteiger partial charge in [0.05, 0.1) is 22.1 Å². The minimum Gasteiger partial charge on any atom is -0.489 e. The van der Waals surface area contributed by atoms with Crippen LogP contribution < -0.4 is 10.1 Å². The number of anilines is 1. The summed E-state index contributed by atoms with van der Waals surface area (Å²) in [6.07, 6.45) is 3.59. The monoisotopic (exact) mass is 269 g/mol. The SMILES string of the molecule is c1cc2c(c(-c3nc4cnccc4s3)c1)OCCN2. The number of aromatic nitrogens is 2. The van der Waals surface area contributed by atoms with Gasteiger partial charge in [0.25, 0.3) is 0 Å². The molecule has 1 aliphatic heterocycles. The third-order valence-corrected chi connectivity index (χ3v) is 4.17. The largest absolute Gasteiger partial charge is 0.489 e. The summed E-state index contributed by atoms with van der Waals surface area (Å²) in [6.45, 7) is 1.54. The molecule has 94 valence electrons. The van der Waals surface area contributed by atoms with Gasteiger partial charge in [-0.2, -0.15) is 0 Å². The number of nitrogens with zero attached hydrogens (tertiary/aromatic N) is 2. The van der Waals surface area contributed by atoms with E-state index in [1.54, 1.807) is 23.7 Å². The number of hydrogen-bond acceptors (Lipinski definition) is 5. The highest BCUT2D eigenvalue weighted by atomic mass is 32.1. The van der Waals surface area contributed by atoms with Crippen LogP contribution in [0.25, 0.3) is 20.8 Å². The summed E-state index contributed by atoms with van der Waals surface area (Å²) in [6, 6.07) is 8.11. The van der Waals surface area contributed by atoms with E-state index in [0.717, 1.165) is 38.8 Å². The summed E-state index contributed by atoms with van der Waals surface area (Å²) in [5, 5.41) is 4.32. The molecule has 5 heteroatoms. The summed E-state index contributed by atoms with van der Waals surface area (Å²) in [4.78, 5) is 8.75. The van der Waals surface area contributed by atoms with Crippen LogP contribution in [-0.4, -0.2) is 23.1 Å². The van der Waals surface area contributed by atoms with Crippen molar-refractivity contribution in [3.63, 3.8) is 0 Å². The fourth-order valence-corrected chi connectivity index (χ4v) is 3.19. The molecule has 0 saturated heterocycles. The number of pyridine rings is 1. The van der Waals surface area contributed by atoms with Crippen molar-refractivity contribution in [3.8, 4) is 16.3 Å². The van der Waals surface area contributed by atoms with Crippen molar-refractivity contribution in [1.29, 1.82) is 0 Å². The molecule has 3 aromatic rings. The fraction of sp³-hybridized carbons (Fsp3) is 0.143. The Morgan fingerprint density at radius 3 is 3.21 bits per heavy atom. The van der Waals surface area contributed by atoms with E-state index < -0.39 is 0 Å². The Hall–Kier alpha value is -2.14. The molecular weight excluding hydrogens is 258 g/mol. The summed E-state index contributed by atoms with van der Waals surface area (Å²) < 4.78 is 6.94. The van der Waals surface area contributed by atoms with Gasteiger partial charge in [-0.25, -0.2) is 4.98 Å². The molecule has 1 aliphatic rings. The van der Waals surface area contributed by atoms with Crippen LogP contribution in [0.2, 0.25) is 0 Å². The second-order valence-corrected chi connectivity index (χ2v) is 5.35. The average molecular weight is 269 g/mol. The highest BCUT2D eigenvalue weighted by Crippen LogP contribution is 2.40. The maximum atomic E-state index is 5.79. The highest BCUT2D eigenvalue weighted by molar-refractivity contribution is 7.21. The lowest BCUT2D eigenvalue weighted by Gasteiger charge is -2.20. The molecular formula is C14H11N3OS. The van der Waals surface area contributed by atoms with Crippen molar-refractivity contribution in [3.05, 3.63) is 36.7 Å². The predicted octanol–water partition coefficient (Wildman–Crippen LogP) is 3.16. The van der Waals surface area contributed by atoms with Gasteiger partial charge in [-0.15, -0.1) is 11.3 Å². The lowest BCUT2D eigenvalue weighted by molar-refractivity contribution is 0.324. The number of benzene rings is 1. The van der Waals surface area contributed by atoms with Crippen molar-refractivity contribution in [1.82, 2.24) is 9.97 Å². The van der Waals surface area contributed by atoms with Crippen LogP contribution in [0.3, 0.4) is 0 Å². The molecule has 1 aromatic carbocycles. The standard InChI is InChI=1S/C14H11N3OS/c1-2-9(13-10(3-1)16-6-7-18-13)14-17-11-8-15-5-4-12(11)19-14/h1-5,8,16H,6-7H2. The molecule has 0 atom stereocenters. The van der Waals surface area contributed by atoms with Crippen molar-refractivity contribution < 1.29 is 4.74 Å². The van der Waals surface area contributed by atoms with Gasteiger partial charge in [0.15, 0.2) is 5.75 Å².